The quantitative estimate of drug-likeness (QED) is 0.795. The van der Waals surface area contributed by atoms with E-state index in [1.165, 1.54) is 31.2 Å². The van der Waals surface area contributed by atoms with E-state index in [4.69, 9.17) is 10.8 Å². The Morgan fingerprint density at radius 3 is 2.56 bits per heavy atom. The van der Waals surface area contributed by atoms with Crippen LogP contribution in [0.15, 0.2) is 29.2 Å². The molecule has 2 atom stereocenters. The number of nitrogens with two attached hydrogens (primary N) is 1. The summed E-state index contributed by atoms with van der Waals surface area (Å²) in [5.41, 5.74) is 5.05. The highest BCUT2D eigenvalue weighted by atomic mass is 32.2. The maximum Gasteiger partial charge on any atom is 0.335 e. The van der Waals surface area contributed by atoms with Crippen LogP contribution in [-0.4, -0.2) is 26.4 Å². The molecule has 0 spiro atoms. The van der Waals surface area contributed by atoms with E-state index in [0.29, 0.717) is 0 Å². The Morgan fingerprint density at radius 2 is 2.06 bits per heavy atom. The SMILES string of the molecule is CC(C(N)=O)S(=O)c1cccc(C(=O)O)c1. The Labute approximate surface area is 94.7 Å². The van der Waals surface area contributed by atoms with Crippen molar-refractivity contribution in [2.24, 2.45) is 5.73 Å². The van der Waals surface area contributed by atoms with Crippen molar-refractivity contribution < 1.29 is 18.9 Å². The summed E-state index contributed by atoms with van der Waals surface area (Å²) in [5.74, 6) is -1.79. The van der Waals surface area contributed by atoms with Gasteiger partial charge < -0.3 is 10.8 Å². The van der Waals surface area contributed by atoms with Gasteiger partial charge in [0, 0.05) is 4.90 Å². The van der Waals surface area contributed by atoms with Crippen molar-refractivity contribution in [1.82, 2.24) is 0 Å². The Balaban J connectivity index is 3.05. The molecule has 2 unspecified atom stereocenters. The molecule has 0 aliphatic rings. The molecule has 1 aromatic rings. The van der Waals surface area contributed by atoms with Crippen molar-refractivity contribution >= 4 is 22.7 Å². The number of primary amides is 1. The smallest absolute Gasteiger partial charge is 0.335 e. The van der Waals surface area contributed by atoms with Crippen molar-refractivity contribution in [2.75, 3.05) is 0 Å². The number of aromatic carboxylic acids is 1. The van der Waals surface area contributed by atoms with E-state index in [1.54, 1.807) is 0 Å². The maximum atomic E-state index is 11.8. The average molecular weight is 241 g/mol. The summed E-state index contributed by atoms with van der Waals surface area (Å²) in [6.45, 7) is 1.44. The molecule has 0 bridgehead atoms. The second-order valence-corrected chi connectivity index (χ2v) is 4.95. The van der Waals surface area contributed by atoms with Crippen molar-refractivity contribution in [3.05, 3.63) is 29.8 Å². The zero-order valence-corrected chi connectivity index (χ0v) is 9.36. The number of rotatable bonds is 4. The number of benzene rings is 1. The van der Waals surface area contributed by atoms with Gasteiger partial charge in [-0.3, -0.25) is 9.00 Å². The minimum atomic E-state index is -1.62. The van der Waals surface area contributed by atoms with Gasteiger partial charge >= 0.3 is 5.97 Å². The van der Waals surface area contributed by atoms with Crippen LogP contribution in [-0.2, 0) is 15.6 Å². The van der Waals surface area contributed by atoms with E-state index < -0.39 is 27.9 Å². The number of carboxylic acids is 1. The van der Waals surface area contributed by atoms with Gasteiger partial charge in [0.15, 0.2) is 0 Å². The van der Waals surface area contributed by atoms with Crippen LogP contribution in [0.5, 0.6) is 0 Å². The van der Waals surface area contributed by atoms with Crippen molar-refractivity contribution in [3.8, 4) is 0 Å². The third-order valence-corrected chi connectivity index (χ3v) is 3.63. The predicted molar refractivity (Wildman–Crippen MR) is 58.5 cm³/mol. The molecule has 0 aliphatic carbocycles. The van der Waals surface area contributed by atoms with E-state index in [2.05, 4.69) is 0 Å². The highest BCUT2D eigenvalue weighted by molar-refractivity contribution is 7.86. The van der Waals surface area contributed by atoms with E-state index >= 15 is 0 Å². The summed E-state index contributed by atoms with van der Waals surface area (Å²) >= 11 is 0. The summed E-state index contributed by atoms with van der Waals surface area (Å²) in [6, 6.07) is 5.64. The normalized spacial score (nSPS) is 14.1. The molecule has 16 heavy (non-hydrogen) atoms. The Bertz CT molecular complexity index is 458. The molecule has 0 radical (unpaired) electrons. The molecule has 6 heteroatoms. The van der Waals surface area contributed by atoms with E-state index in [0.717, 1.165) is 0 Å². The summed E-state index contributed by atoms with van der Waals surface area (Å²) in [5, 5.41) is 7.90. The van der Waals surface area contributed by atoms with Gasteiger partial charge in [0.2, 0.25) is 5.91 Å². The van der Waals surface area contributed by atoms with Crippen LogP contribution in [0.25, 0.3) is 0 Å². The first-order chi connectivity index (χ1) is 7.43. The van der Waals surface area contributed by atoms with Crippen LogP contribution in [0.2, 0.25) is 0 Å². The fourth-order valence-corrected chi connectivity index (χ4v) is 2.14. The largest absolute Gasteiger partial charge is 0.478 e. The molecule has 1 aromatic carbocycles. The third kappa shape index (κ3) is 2.66. The first-order valence-electron chi connectivity index (χ1n) is 4.46. The molecule has 86 valence electrons. The lowest BCUT2D eigenvalue weighted by Crippen LogP contribution is -2.29. The van der Waals surface area contributed by atoms with Gasteiger partial charge in [-0.1, -0.05) is 6.07 Å². The number of amides is 1. The van der Waals surface area contributed by atoms with E-state index in [-0.39, 0.29) is 10.5 Å². The summed E-state index contributed by atoms with van der Waals surface area (Å²) in [7, 11) is -1.62. The Hall–Kier alpha value is -1.69. The van der Waals surface area contributed by atoms with Gasteiger partial charge in [-0.25, -0.2) is 4.79 Å². The number of hydrogen-bond donors (Lipinski definition) is 2. The number of carboxylic acid groups (broad SMARTS) is 1. The lowest BCUT2D eigenvalue weighted by atomic mass is 10.2. The zero-order valence-electron chi connectivity index (χ0n) is 8.54. The molecule has 0 saturated carbocycles. The molecular formula is C10H11NO4S. The molecule has 1 amide bonds. The van der Waals surface area contributed by atoms with Gasteiger partial charge in [-0.05, 0) is 25.1 Å². The molecule has 0 aromatic heterocycles. The summed E-state index contributed by atoms with van der Waals surface area (Å²) < 4.78 is 11.8. The van der Waals surface area contributed by atoms with Crippen LogP contribution in [0.3, 0.4) is 0 Å². The first kappa shape index (κ1) is 12.4. The molecule has 3 N–H and O–H groups in total. The Morgan fingerprint density at radius 1 is 1.44 bits per heavy atom. The van der Waals surface area contributed by atoms with Crippen molar-refractivity contribution in [2.45, 2.75) is 17.1 Å². The van der Waals surface area contributed by atoms with Crippen LogP contribution in [0.4, 0.5) is 0 Å². The lowest BCUT2D eigenvalue weighted by molar-refractivity contribution is -0.117. The van der Waals surface area contributed by atoms with Gasteiger partial charge in [0.05, 0.1) is 16.4 Å². The summed E-state index contributed by atoms with van der Waals surface area (Å²) in [6.07, 6.45) is 0. The fraction of sp³-hybridized carbons (Fsp3) is 0.200. The molecule has 0 fully saturated rings. The third-order valence-electron chi connectivity index (χ3n) is 2.04. The standard InChI is InChI=1S/C10H11NO4S/c1-6(9(11)12)16(15)8-4-2-3-7(5-8)10(13)14/h2-6H,1H3,(H2,11,12)(H,13,14). The van der Waals surface area contributed by atoms with E-state index in [9.17, 15) is 13.8 Å². The molecular weight excluding hydrogens is 230 g/mol. The van der Waals surface area contributed by atoms with Crippen molar-refractivity contribution in [1.29, 1.82) is 0 Å². The number of carbonyl (C=O) groups excluding carboxylic acids is 1. The molecule has 0 heterocycles. The van der Waals surface area contributed by atoms with Gasteiger partial charge in [-0.2, -0.15) is 0 Å². The molecule has 0 aliphatic heterocycles. The average Bonchev–Trinajstić information content (AvgIpc) is 2.27. The van der Waals surface area contributed by atoms with Gasteiger partial charge in [-0.15, -0.1) is 0 Å². The lowest BCUT2D eigenvalue weighted by Gasteiger charge is -2.07. The fourth-order valence-electron chi connectivity index (χ4n) is 1.06. The number of hydrogen-bond acceptors (Lipinski definition) is 3. The topological polar surface area (TPSA) is 97.5 Å². The van der Waals surface area contributed by atoms with Gasteiger partial charge in [0.25, 0.3) is 0 Å². The van der Waals surface area contributed by atoms with Crippen LogP contribution in [0, 0.1) is 0 Å². The monoisotopic (exact) mass is 241 g/mol. The number of carbonyl (C=O) groups is 2. The minimum Gasteiger partial charge on any atom is -0.478 e. The van der Waals surface area contributed by atoms with Crippen LogP contribution in [0.1, 0.15) is 17.3 Å². The van der Waals surface area contributed by atoms with E-state index in [1.807, 2.05) is 0 Å². The highest BCUT2D eigenvalue weighted by Gasteiger charge is 2.19. The zero-order chi connectivity index (χ0) is 12.3. The van der Waals surface area contributed by atoms with Crippen LogP contribution < -0.4 is 5.73 Å². The second-order valence-electron chi connectivity index (χ2n) is 3.17. The minimum absolute atomic E-state index is 0.0301. The van der Waals surface area contributed by atoms with Crippen molar-refractivity contribution in [3.63, 3.8) is 0 Å². The molecule has 0 saturated heterocycles. The molecule has 1 rings (SSSR count). The van der Waals surface area contributed by atoms with Crippen LogP contribution >= 0.6 is 0 Å². The highest BCUT2D eigenvalue weighted by Crippen LogP contribution is 2.13. The first-order valence-corrected chi connectivity index (χ1v) is 5.68. The predicted octanol–water partition coefficient (Wildman–Crippen LogP) is 0.366. The second kappa shape index (κ2) is 4.89. The Kier molecular flexibility index (Phi) is 3.78. The maximum absolute atomic E-state index is 11.8. The van der Waals surface area contributed by atoms with Gasteiger partial charge in [0.1, 0.15) is 5.25 Å². The molecule has 5 nitrogen and oxygen atoms in total. The summed E-state index contributed by atoms with van der Waals surface area (Å²) in [4.78, 5) is 21.8.